The Balaban J connectivity index is 2.04. The topological polar surface area (TPSA) is 27.1 Å². The maximum atomic E-state index is 13.7. The van der Waals surface area contributed by atoms with Crippen molar-refractivity contribution >= 4 is 11.5 Å². The highest BCUT2D eigenvalue weighted by Gasteiger charge is 2.27. The van der Waals surface area contributed by atoms with E-state index in [1.165, 1.54) is 23.1 Å². The van der Waals surface area contributed by atoms with Crippen molar-refractivity contribution < 1.29 is 13.2 Å². The highest BCUT2D eigenvalue weighted by Crippen LogP contribution is 2.30. The van der Waals surface area contributed by atoms with Gasteiger partial charge in [0.25, 0.3) is 0 Å². The average molecular weight is 262 g/mol. The Morgan fingerprint density at radius 2 is 1.63 bits per heavy atom. The molecule has 2 aromatic carbocycles. The first-order valence-electron chi connectivity index (χ1n) is 5.66. The fourth-order valence-corrected chi connectivity index (χ4v) is 2.21. The van der Waals surface area contributed by atoms with Gasteiger partial charge in [-0.05, 0) is 29.8 Å². The number of rotatable bonds is 1. The fraction of sp³-hybridized carbons (Fsp3) is 0.0714. The Morgan fingerprint density at radius 3 is 2.37 bits per heavy atom. The first kappa shape index (κ1) is 11.8. The van der Waals surface area contributed by atoms with E-state index in [0.717, 1.165) is 17.7 Å². The van der Waals surface area contributed by atoms with Crippen molar-refractivity contribution in [2.75, 3.05) is 4.90 Å². The lowest BCUT2D eigenvalue weighted by atomic mass is 10.1. The largest absolute Gasteiger partial charge is 0.319 e. The fourth-order valence-electron chi connectivity index (χ4n) is 2.21. The number of hydrogen-bond donors (Lipinski definition) is 1. The Hall–Kier alpha value is -2.30. The Bertz CT molecular complexity index is 682. The molecule has 0 spiro atoms. The summed E-state index contributed by atoms with van der Waals surface area (Å²) >= 11 is 0. The molecule has 1 heterocycles. The number of anilines is 1. The van der Waals surface area contributed by atoms with Gasteiger partial charge in [-0.1, -0.05) is 6.07 Å². The predicted molar refractivity (Wildman–Crippen MR) is 65.8 cm³/mol. The van der Waals surface area contributed by atoms with Crippen LogP contribution in [0, 0.1) is 22.9 Å². The molecule has 1 aliphatic rings. The van der Waals surface area contributed by atoms with Crippen LogP contribution >= 0.6 is 0 Å². The third-order valence-corrected chi connectivity index (χ3v) is 3.13. The molecule has 1 aliphatic heterocycles. The molecule has 0 atom stereocenters. The van der Waals surface area contributed by atoms with Crippen LogP contribution in [-0.4, -0.2) is 5.84 Å². The lowest BCUT2D eigenvalue weighted by Crippen LogP contribution is -2.24. The van der Waals surface area contributed by atoms with Crippen LogP contribution < -0.4 is 4.90 Å². The molecule has 2 aromatic rings. The molecule has 19 heavy (non-hydrogen) atoms. The number of halogens is 3. The zero-order chi connectivity index (χ0) is 13.6. The van der Waals surface area contributed by atoms with Crippen LogP contribution in [0.1, 0.15) is 11.1 Å². The van der Waals surface area contributed by atoms with Crippen LogP contribution in [0.2, 0.25) is 0 Å². The summed E-state index contributed by atoms with van der Waals surface area (Å²) in [6.45, 7) is 0.275. The van der Waals surface area contributed by atoms with Crippen molar-refractivity contribution in [3.8, 4) is 0 Å². The van der Waals surface area contributed by atoms with Gasteiger partial charge in [-0.25, -0.2) is 13.2 Å². The van der Waals surface area contributed by atoms with Gasteiger partial charge in [-0.2, -0.15) is 0 Å². The second-order valence-corrected chi connectivity index (χ2v) is 4.33. The molecule has 2 nitrogen and oxygen atoms in total. The van der Waals surface area contributed by atoms with Crippen LogP contribution in [-0.2, 0) is 6.54 Å². The van der Waals surface area contributed by atoms with Crippen LogP contribution in [0.15, 0.2) is 36.4 Å². The minimum absolute atomic E-state index is 0.0139. The molecule has 0 amide bonds. The van der Waals surface area contributed by atoms with E-state index in [1.54, 1.807) is 6.07 Å². The highest BCUT2D eigenvalue weighted by atomic mass is 19.1. The first-order valence-corrected chi connectivity index (χ1v) is 5.66. The molecule has 0 unspecified atom stereocenters. The summed E-state index contributed by atoms with van der Waals surface area (Å²) in [5, 5.41) is 7.97. The monoisotopic (exact) mass is 262 g/mol. The van der Waals surface area contributed by atoms with E-state index in [1.807, 2.05) is 0 Å². The van der Waals surface area contributed by atoms with Gasteiger partial charge in [0.2, 0.25) is 0 Å². The normalized spacial score (nSPS) is 13.8. The molecular formula is C14H9F3N2. The molecule has 0 bridgehead atoms. The van der Waals surface area contributed by atoms with E-state index < -0.39 is 17.5 Å². The molecule has 0 fully saturated rings. The molecule has 0 radical (unpaired) electrons. The van der Waals surface area contributed by atoms with E-state index in [4.69, 9.17) is 5.41 Å². The SMILES string of the molecule is N=C1c2cc(F)ccc2CN1c1ccc(F)cc1F. The number of amidine groups is 1. The first-order chi connectivity index (χ1) is 9.06. The van der Waals surface area contributed by atoms with Gasteiger partial charge in [-0.15, -0.1) is 0 Å². The van der Waals surface area contributed by atoms with Crippen LogP contribution in [0.25, 0.3) is 0 Å². The lowest BCUT2D eigenvalue weighted by Gasteiger charge is -2.18. The molecular weight excluding hydrogens is 253 g/mol. The Kier molecular flexibility index (Phi) is 2.55. The van der Waals surface area contributed by atoms with Gasteiger partial charge >= 0.3 is 0 Å². The van der Waals surface area contributed by atoms with E-state index in [9.17, 15) is 13.2 Å². The van der Waals surface area contributed by atoms with Crippen molar-refractivity contribution in [1.29, 1.82) is 5.41 Å². The van der Waals surface area contributed by atoms with Crippen molar-refractivity contribution in [3.63, 3.8) is 0 Å². The maximum absolute atomic E-state index is 13.7. The second kappa shape index (κ2) is 4.12. The molecule has 0 aromatic heterocycles. The van der Waals surface area contributed by atoms with Gasteiger partial charge in [0.05, 0.1) is 12.2 Å². The van der Waals surface area contributed by atoms with Crippen molar-refractivity contribution in [1.82, 2.24) is 0 Å². The third-order valence-electron chi connectivity index (χ3n) is 3.13. The average Bonchev–Trinajstić information content (AvgIpc) is 2.67. The molecule has 1 N–H and O–H groups in total. The molecule has 96 valence electrons. The maximum Gasteiger partial charge on any atom is 0.149 e. The van der Waals surface area contributed by atoms with Crippen LogP contribution in [0.5, 0.6) is 0 Å². The van der Waals surface area contributed by atoms with Gasteiger partial charge in [0.1, 0.15) is 23.3 Å². The number of fused-ring (bicyclic) bond motifs is 1. The van der Waals surface area contributed by atoms with Gasteiger partial charge in [0, 0.05) is 11.6 Å². The summed E-state index contributed by atoms with van der Waals surface area (Å²) in [6.07, 6.45) is 0. The minimum Gasteiger partial charge on any atom is -0.319 e. The van der Waals surface area contributed by atoms with Crippen molar-refractivity contribution in [2.45, 2.75) is 6.54 Å². The zero-order valence-corrected chi connectivity index (χ0v) is 9.75. The summed E-state index contributed by atoms with van der Waals surface area (Å²) in [5.74, 6) is -1.83. The Morgan fingerprint density at radius 1 is 0.947 bits per heavy atom. The van der Waals surface area contributed by atoms with Crippen molar-refractivity contribution in [2.24, 2.45) is 0 Å². The second-order valence-electron chi connectivity index (χ2n) is 4.33. The number of nitrogens with one attached hydrogen (secondary N) is 1. The van der Waals surface area contributed by atoms with E-state index in [-0.39, 0.29) is 18.1 Å². The molecule has 3 rings (SSSR count). The molecule has 0 saturated heterocycles. The van der Waals surface area contributed by atoms with Crippen LogP contribution in [0.4, 0.5) is 18.9 Å². The summed E-state index contributed by atoms with van der Waals surface area (Å²) in [5.41, 5.74) is 1.29. The van der Waals surface area contributed by atoms with Gasteiger partial charge in [-0.3, -0.25) is 5.41 Å². The standard InChI is InChI=1S/C14H9F3N2/c15-9-2-1-8-7-19(14(18)11(8)5-9)13-4-3-10(16)6-12(13)17/h1-6,18H,7H2. The number of hydrogen-bond acceptors (Lipinski definition) is 1. The van der Waals surface area contributed by atoms with E-state index in [0.29, 0.717) is 5.56 Å². The quantitative estimate of drug-likeness (QED) is 0.837. The van der Waals surface area contributed by atoms with Crippen molar-refractivity contribution in [3.05, 3.63) is 65.0 Å². The predicted octanol–water partition coefficient (Wildman–Crippen LogP) is 3.45. The van der Waals surface area contributed by atoms with E-state index in [2.05, 4.69) is 0 Å². The summed E-state index contributed by atoms with van der Waals surface area (Å²) in [6, 6.07) is 7.30. The molecule has 0 aliphatic carbocycles. The number of benzene rings is 2. The Labute approximate surface area is 107 Å². The molecule has 5 heteroatoms. The van der Waals surface area contributed by atoms with Gasteiger partial charge < -0.3 is 4.90 Å². The third kappa shape index (κ3) is 1.87. The number of nitrogens with zero attached hydrogens (tertiary/aromatic N) is 1. The summed E-state index contributed by atoms with van der Waals surface area (Å²) < 4.78 is 39.8. The molecule has 0 saturated carbocycles. The zero-order valence-electron chi connectivity index (χ0n) is 9.75. The summed E-state index contributed by atoms with van der Waals surface area (Å²) in [7, 11) is 0. The highest BCUT2D eigenvalue weighted by molar-refractivity contribution is 6.11. The van der Waals surface area contributed by atoms with Gasteiger partial charge in [0.15, 0.2) is 0 Å². The minimum atomic E-state index is -0.738. The van der Waals surface area contributed by atoms with E-state index >= 15 is 0 Å². The smallest absolute Gasteiger partial charge is 0.149 e. The lowest BCUT2D eigenvalue weighted by molar-refractivity contribution is 0.583. The summed E-state index contributed by atoms with van der Waals surface area (Å²) in [4.78, 5) is 1.39. The van der Waals surface area contributed by atoms with Crippen LogP contribution in [0.3, 0.4) is 0 Å².